The van der Waals surface area contributed by atoms with Crippen LogP contribution in [0.1, 0.15) is 20.8 Å². The van der Waals surface area contributed by atoms with E-state index in [-0.39, 0.29) is 5.83 Å². The minimum Gasteiger partial charge on any atom is -0.207 e. The van der Waals surface area contributed by atoms with Crippen LogP contribution in [-0.4, -0.2) is 0 Å². The molecule has 0 spiro atoms. The van der Waals surface area contributed by atoms with E-state index in [9.17, 15) is 4.39 Å². The molecule has 0 rings (SSSR count). The van der Waals surface area contributed by atoms with Gasteiger partial charge in [0.25, 0.3) is 0 Å². The Kier molecular flexibility index (Phi) is 5.54. The van der Waals surface area contributed by atoms with Gasteiger partial charge in [-0.05, 0) is 38.5 Å². The Morgan fingerprint density at radius 3 is 2.14 bits per heavy atom. The van der Waals surface area contributed by atoms with Crippen LogP contribution >= 0.6 is 0 Å². The molecule has 0 heterocycles. The van der Waals surface area contributed by atoms with Gasteiger partial charge >= 0.3 is 0 Å². The molecule has 0 aliphatic rings. The van der Waals surface area contributed by atoms with Crippen LogP contribution in [0, 0.1) is 0 Å². The van der Waals surface area contributed by atoms with Gasteiger partial charge in [0, 0.05) is 0 Å². The smallest absolute Gasteiger partial charge is 0.122 e. The van der Waals surface area contributed by atoms with Crippen molar-refractivity contribution in [2.45, 2.75) is 20.8 Å². The van der Waals surface area contributed by atoms with Crippen molar-refractivity contribution in [1.82, 2.24) is 0 Å². The molecule has 0 saturated carbocycles. The summed E-state index contributed by atoms with van der Waals surface area (Å²) in [6.07, 6.45) is 6.25. The summed E-state index contributed by atoms with van der Waals surface area (Å²) in [6, 6.07) is 0. The summed E-state index contributed by atoms with van der Waals surface area (Å²) < 4.78 is 12.6. The minimum atomic E-state index is -0.328. The zero-order valence-corrected chi connectivity index (χ0v) is 9.10. The lowest BCUT2D eigenvalue weighted by molar-refractivity contribution is 0.668. The second-order valence-electron chi connectivity index (χ2n) is 3.27. The average molecular weight is 192 g/mol. The normalized spacial score (nSPS) is 14.1. The molecule has 0 radical (unpaired) electrons. The molecule has 0 aromatic rings. The lowest BCUT2D eigenvalue weighted by Gasteiger charge is -1.98. The summed E-state index contributed by atoms with van der Waals surface area (Å²) in [5, 5.41) is 0. The van der Waals surface area contributed by atoms with Gasteiger partial charge in [-0.2, -0.15) is 0 Å². The predicted molar refractivity (Wildman–Crippen MR) is 61.7 cm³/mol. The van der Waals surface area contributed by atoms with Crippen LogP contribution in [0.15, 0.2) is 60.0 Å². The molecule has 0 aromatic heterocycles. The van der Waals surface area contributed by atoms with Gasteiger partial charge in [-0.1, -0.05) is 36.5 Å². The fraction of sp³-hybridized carbons (Fsp3) is 0.231. The fourth-order valence-corrected chi connectivity index (χ4v) is 0.792. The van der Waals surface area contributed by atoms with Crippen molar-refractivity contribution in [2.24, 2.45) is 0 Å². The van der Waals surface area contributed by atoms with Crippen LogP contribution < -0.4 is 0 Å². The maximum Gasteiger partial charge on any atom is 0.122 e. The monoisotopic (exact) mass is 192 g/mol. The highest BCUT2D eigenvalue weighted by Crippen LogP contribution is 2.09. The van der Waals surface area contributed by atoms with E-state index in [1.54, 1.807) is 6.08 Å². The fourth-order valence-electron chi connectivity index (χ4n) is 0.792. The first-order valence-corrected chi connectivity index (χ1v) is 4.48. The second-order valence-corrected chi connectivity index (χ2v) is 3.27. The number of hydrogen-bond donors (Lipinski definition) is 0. The van der Waals surface area contributed by atoms with Gasteiger partial charge in [-0.3, -0.25) is 0 Å². The molecule has 76 valence electrons. The van der Waals surface area contributed by atoms with E-state index in [0.29, 0.717) is 0 Å². The molecule has 0 bridgehead atoms. The van der Waals surface area contributed by atoms with E-state index < -0.39 is 0 Å². The highest BCUT2D eigenvalue weighted by molar-refractivity contribution is 5.34. The van der Waals surface area contributed by atoms with Gasteiger partial charge in [0.1, 0.15) is 5.83 Å². The molecular formula is C13H17F. The largest absolute Gasteiger partial charge is 0.207 e. The van der Waals surface area contributed by atoms with Gasteiger partial charge in [0.2, 0.25) is 0 Å². The number of hydrogen-bond acceptors (Lipinski definition) is 0. The quantitative estimate of drug-likeness (QED) is 0.575. The van der Waals surface area contributed by atoms with Crippen molar-refractivity contribution in [1.29, 1.82) is 0 Å². The third-order valence-electron chi connectivity index (χ3n) is 1.82. The first-order valence-electron chi connectivity index (χ1n) is 4.48. The third-order valence-corrected chi connectivity index (χ3v) is 1.82. The van der Waals surface area contributed by atoms with Gasteiger partial charge in [0.15, 0.2) is 0 Å². The predicted octanol–water partition coefficient (Wildman–Crippen LogP) is 4.49. The summed E-state index contributed by atoms with van der Waals surface area (Å²) in [5.74, 6) is -0.328. The zero-order valence-electron chi connectivity index (χ0n) is 9.10. The highest BCUT2D eigenvalue weighted by atomic mass is 19.1. The van der Waals surface area contributed by atoms with Crippen LogP contribution in [0.25, 0.3) is 0 Å². The molecule has 0 amide bonds. The molecule has 0 atom stereocenters. The van der Waals surface area contributed by atoms with Crippen molar-refractivity contribution in [2.75, 3.05) is 0 Å². The lowest BCUT2D eigenvalue weighted by Crippen LogP contribution is -1.77. The van der Waals surface area contributed by atoms with Gasteiger partial charge in [-0.25, -0.2) is 4.39 Å². The second kappa shape index (κ2) is 6.14. The lowest BCUT2D eigenvalue weighted by atomic mass is 10.1. The first-order chi connectivity index (χ1) is 6.47. The number of allylic oxidation sites excluding steroid dienone is 8. The SMILES string of the molecule is C=C\C(F)=C/C=C(C)/C=C(/C)C(=C)C. The van der Waals surface area contributed by atoms with Crippen molar-refractivity contribution >= 4 is 0 Å². The van der Waals surface area contributed by atoms with Crippen molar-refractivity contribution < 1.29 is 4.39 Å². The van der Waals surface area contributed by atoms with Crippen LogP contribution in [-0.2, 0) is 0 Å². The molecule has 0 aliphatic carbocycles. The maximum absolute atomic E-state index is 12.6. The Morgan fingerprint density at radius 1 is 1.14 bits per heavy atom. The van der Waals surface area contributed by atoms with E-state index in [2.05, 4.69) is 13.2 Å². The van der Waals surface area contributed by atoms with Crippen LogP contribution in [0.4, 0.5) is 4.39 Å². The Bertz CT molecular complexity index is 314. The molecule has 0 unspecified atom stereocenters. The molecule has 1 heteroatoms. The molecular weight excluding hydrogens is 175 g/mol. The van der Waals surface area contributed by atoms with Gasteiger partial charge in [-0.15, -0.1) is 0 Å². The summed E-state index contributed by atoms with van der Waals surface area (Å²) in [7, 11) is 0. The Balaban J connectivity index is 4.64. The zero-order chi connectivity index (χ0) is 11.1. The van der Waals surface area contributed by atoms with E-state index in [1.165, 1.54) is 12.2 Å². The summed E-state index contributed by atoms with van der Waals surface area (Å²) >= 11 is 0. The molecule has 0 N–H and O–H groups in total. The van der Waals surface area contributed by atoms with Crippen molar-refractivity contribution in [3.8, 4) is 0 Å². The topological polar surface area (TPSA) is 0 Å². The number of rotatable bonds is 4. The summed E-state index contributed by atoms with van der Waals surface area (Å²) in [6.45, 7) is 13.0. The minimum absolute atomic E-state index is 0.328. The molecule has 0 aromatic carbocycles. The summed E-state index contributed by atoms with van der Waals surface area (Å²) in [5.41, 5.74) is 3.11. The van der Waals surface area contributed by atoms with E-state index in [4.69, 9.17) is 0 Å². The summed E-state index contributed by atoms with van der Waals surface area (Å²) in [4.78, 5) is 0. The van der Waals surface area contributed by atoms with E-state index in [0.717, 1.165) is 16.7 Å². The van der Waals surface area contributed by atoms with E-state index in [1.807, 2.05) is 26.8 Å². The van der Waals surface area contributed by atoms with Crippen molar-refractivity contribution in [3.05, 3.63) is 60.0 Å². The van der Waals surface area contributed by atoms with Crippen LogP contribution in [0.3, 0.4) is 0 Å². The standard InChI is InChI=1S/C13H17F/c1-6-13(14)8-7-11(4)9-12(5)10(2)3/h6-9H,1-2H2,3-5H3/b11-7+,12-9-,13-8+. The van der Waals surface area contributed by atoms with Crippen LogP contribution in [0.5, 0.6) is 0 Å². The molecule has 0 aliphatic heterocycles. The van der Waals surface area contributed by atoms with E-state index >= 15 is 0 Å². The molecule has 0 saturated heterocycles. The Hall–Kier alpha value is -1.37. The third kappa shape index (κ3) is 5.31. The van der Waals surface area contributed by atoms with Crippen molar-refractivity contribution in [3.63, 3.8) is 0 Å². The number of halogens is 1. The average Bonchev–Trinajstić information content (AvgIpc) is 2.13. The van der Waals surface area contributed by atoms with Crippen LogP contribution in [0.2, 0.25) is 0 Å². The maximum atomic E-state index is 12.6. The first kappa shape index (κ1) is 12.6. The highest BCUT2D eigenvalue weighted by Gasteiger charge is 1.89. The molecule has 0 fully saturated rings. The van der Waals surface area contributed by atoms with Gasteiger partial charge < -0.3 is 0 Å². The molecule has 14 heavy (non-hydrogen) atoms. The van der Waals surface area contributed by atoms with Gasteiger partial charge in [0.05, 0.1) is 0 Å². The molecule has 0 nitrogen and oxygen atoms in total. The Morgan fingerprint density at radius 2 is 1.71 bits per heavy atom. The Labute approximate surface area is 85.8 Å².